The third-order valence-corrected chi connectivity index (χ3v) is 2.72. The van der Waals surface area contributed by atoms with Gasteiger partial charge in [-0.25, -0.2) is 4.98 Å². The average molecular weight is 181 g/mol. The van der Waals surface area contributed by atoms with E-state index in [0.29, 0.717) is 0 Å². The molecule has 0 atom stereocenters. The minimum absolute atomic E-state index is 1.01. The summed E-state index contributed by atoms with van der Waals surface area (Å²) in [7, 11) is 2.13. The second kappa shape index (κ2) is 3.33. The topological polar surface area (TPSA) is 29.0 Å². The molecule has 0 amide bonds. The van der Waals surface area contributed by atoms with Crippen LogP contribution >= 0.6 is 11.5 Å². The van der Waals surface area contributed by atoms with E-state index in [0.717, 1.165) is 24.5 Å². The van der Waals surface area contributed by atoms with Gasteiger partial charge in [0.1, 0.15) is 11.3 Å². The van der Waals surface area contributed by atoms with E-state index >= 15 is 0 Å². The minimum Gasteiger partial charge on any atom is -0.302 e. The molecular formula is C8H11N3S. The molecule has 12 heavy (non-hydrogen) atoms. The van der Waals surface area contributed by atoms with Crippen molar-refractivity contribution in [2.24, 2.45) is 0 Å². The summed E-state index contributed by atoms with van der Waals surface area (Å²) in [5, 5.41) is 1.07. The summed E-state index contributed by atoms with van der Waals surface area (Å²) in [6.07, 6.45) is 5.02. The number of hydrogen-bond acceptors (Lipinski definition) is 4. The molecule has 0 radical (unpaired) electrons. The highest BCUT2D eigenvalue weighted by atomic mass is 32.1. The summed E-state index contributed by atoms with van der Waals surface area (Å²) in [6, 6.07) is 0. The molecule has 1 aromatic heterocycles. The van der Waals surface area contributed by atoms with Gasteiger partial charge in [-0.1, -0.05) is 6.08 Å². The first-order valence-electron chi connectivity index (χ1n) is 4.01. The Bertz CT molecular complexity index is 279. The molecule has 2 heterocycles. The molecule has 1 aromatic rings. The second-order valence-corrected chi connectivity index (χ2v) is 3.78. The van der Waals surface area contributed by atoms with Gasteiger partial charge in [-0.15, -0.1) is 0 Å². The smallest absolute Gasteiger partial charge is 0.140 e. The molecule has 0 bridgehead atoms. The molecule has 0 saturated heterocycles. The Morgan fingerprint density at radius 2 is 2.50 bits per heavy atom. The van der Waals surface area contributed by atoms with Crippen LogP contribution in [-0.4, -0.2) is 34.4 Å². The summed E-state index contributed by atoms with van der Waals surface area (Å²) < 4.78 is 3.99. The highest BCUT2D eigenvalue weighted by molar-refractivity contribution is 7.06. The molecule has 3 nitrogen and oxygen atoms in total. The van der Waals surface area contributed by atoms with E-state index in [1.807, 2.05) is 0 Å². The number of rotatable bonds is 1. The molecule has 0 fully saturated rings. The molecule has 1 aliphatic heterocycles. The van der Waals surface area contributed by atoms with Crippen LogP contribution in [0.3, 0.4) is 0 Å². The van der Waals surface area contributed by atoms with Crippen molar-refractivity contribution in [3.63, 3.8) is 0 Å². The standard InChI is InChI=1S/C8H11N3S/c1-11-4-2-3-7(5-11)8-9-6-10-12-8/h3,6H,2,4-5H2,1H3. The van der Waals surface area contributed by atoms with Gasteiger partial charge in [0, 0.05) is 13.1 Å². The molecular weight excluding hydrogens is 170 g/mol. The molecule has 4 heteroatoms. The van der Waals surface area contributed by atoms with Gasteiger partial charge in [0.05, 0.1) is 0 Å². The van der Waals surface area contributed by atoms with E-state index < -0.39 is 0 Å². The fourth-order valence-corrected chi connectivity index (χ4v) is 1.92. The summed E-state index contributed by atoms with van der Waals surface area (Å²) in [5.41, 5.74) is 1.33. The largest absolute Gasteiger partial charge is 0.302 e. The summed E-state index contributed by atoms with van der Waals surface area (Å²) in [6.45, 7) is 2.16. The third-order valence-electron chi connectivity index (χ3n) is 1.98. The van der Waals surface area contributed by atoms with Crippen LogP contribution in [0.15, 0.2) is 12.4 Å². The fourth-order valence-electron chi connectivity index (χ4n) is 1.36. The van der Waals surface area contributed by atoms with E-state index in [1.165, 1.54) is 17.1 Å². The van der Waals surface area contributed by atoms with Crippen molar-refractivity contribution in [3.05, 3.63) is 17.4 Å². The van der Waals surface area contributed by atoms with Crippen LogP contribution in [0.1, 0.15) is 11.4 Å². The van der Waals surface area contributed by atoms with Crippen LogP contribution < -0.4 is 0 Å². The number of hydrogen-bond donors (Lipinski definition) is 0. The molecule has 1 aliphatic rings. The normalized spacial score (nSPS) is 19.2. The van der Waals surface area contributed by atoms with Crippen LogP contribution in [0.2, 0.25) is 0 Å². The van der Waals surface area contributed by atoms with Crippen molar-refractivity contribution >= 4 is 17.1 Å². The van der Waals surface area contributed by atoms with Crippen LogP contribution in [0.5, 0.6) is 0 Å². The zero-order valence-corrected chi connectivity index (χ0v) is 7.84. The summed E-state index contributed by atoms with van der Waals surface area (Å²) >= 11 is 1.48. The Balaban J connectivity index is 2.19. The number of aromatic nitrogens is 2. The van der Waals surface area contributed by atoms with Crippen LogP contribution in [0.25, 0.3) is 5.57 Å². The highest BCUT2D eigenvalue weighted by Crippen LogP contribution is 2.19. The zero-order valence-electron chi connectivity index (χ0n) is 7.03. The summed E-state index contributed by atoms with van der Waals surface area (Å²) in [4.78, 5) is 6.49. The second-order valence-electron chi connectivity index (χ2n) is 3.00. The fraction of sp³-hybridized carbons (Fsp3) is 0.500. The predicted octanol–water partition coefficient (Wildman–Crippen LogP) is 1.26. The predicted molar refractivity (Wildman–Crippen MR) is 50.0 cm³/mol. The molecule has 2 rings (SSSR count). The van der Waals surface area contributed by atoms with Crippen LogP contribution in [0, 0.1) is 0 Å². The van der Waals surface area contributed by atoms with Gasteiger partial charge in [-0.05, 0) is 30.6 Å². The maximum atomic E-state index is 4.19. The highest BCUT2D eigenvalue weighted by Gasteiger charge is 2.11. The van der Waals surface area contributed by atoms with Crippen LogP contribution in [-0.2, 0) is 0 Å². The summed E-state index contributed by atoms with van der Waals surface area (Å²) in [5.74, 6) is 0. The quantitative estimate of drug-likeness (QED) is 0.653. The Kier molecular flexibility index (Phi) is 2.19. The zero-order chi connectivity index (χ0) is 8.39. The monoisotopic (exact) mass is 181 g/mol. The molecule has 0 aliphatic carbocycles. The van der Waals surface area contributed by atoms with Crippen molar-refractivity contribution in [3.8, 4) is 0 Å². The van der Waals surface area contributed by atoms with Crippen molar-refractivity contribution in [2.75, 3.05) is 20.1 Å². The Labute approximate surface area is 75.9 Å². The van der Waals surface area contributed by atoms with Crippen molar-refractivity contribution in [1.82, 2.24) is 14.3 Å². The lowest BCUT2D eigenvalue weighted by atomic mass is 10.1. The Morgan fingerprint density at radius 3 is 3.17 bits per heavy atom. The SMILES string of the molecule is CN1CCC=C(c2ncns2)C1. The van der Waals surface area contributed by atoms with Gasteiger partial charge in [-0.3, -0.25) is 0 Å². The minimum atomic E-state index is 1.01. The van der Waals surface area contributed by atoms with Gasteiger partial charge in [0.2, 0.25) is 0 Å². The van der Waals surface area contributed by atoms with Gasteiger partial charge >= 0.3 is 0 Å². The lowest BCUT2D eigenvalue weighted by Gasteiger charge is -2.21. The van der Waals surface area contributed by atoms with Gasteiger partial charge in [-0.2, -0.15) is 4.37 Å². The van der Waals surface area contributed by atoms with Crippen molar-refractivity contribution < 1.29 is 0 Å². The average Bonchev–Trinajstić information content (AvgIpc) is 2.56. The Hall–Kier alpha value is -0.740. The molecule has 0 unspecified atom stereocenters. The van der Waals surface area contributed by atoms with Crippen molar-refractivity contribution in [1.29, 1.82) is 0 Å². The molecule has 0 saturated carbocycles. The maximum Gasteiger partial charge on any atom is 0.140 e. The van der Waals surface area contributed by atoms with E-state index in [9.17, 15) is 0 Å². The number of nitrogens with zero attached hydrogens (tertiary/aromatic N) is 3. The first-order valence-corrected chi connectivity index (χ1v) is 4.78. The lowest BCUT2D eigenvalue weighted by molar-refractivity contribution is 0.373. The number of likely N-dealkylation sites (N-methyl/N-ethyl adjacent to an activating group) is 1. The third kappa shape index (κ3) is 1.54. The van der Waals surface area contributed by atoms with Crippen LogP contribution in [0.4, 0.5) is 0 Å². The molecule has 0 N–H and O–H groups in total. The first kappa shape index (κ1) is 7.89. The van der Waals surface area contributed by atoms with Gasteiger partial charge < -0.3 is 4.90 Å². The van der Waals surface area contributed by atoms with E-state index in [2.05, 4.69) is 27.4 Å². The molecule has 64 valence electrons. The lowest BCUT2D eigenvalue weighted by Crippen LogP contribution is -2.24. The van der Waals surface area contributed by atoms with E-state index in [4.69, 9.17) is 0 Å². The van der Waals surface area contributed by atoms with E-state index in [-0.39, 0.29) is 0 Å². The van der Waals surface area contributed by atoms with Gasteiger partial charge in [0.15, 0.2) is 0 Å². The van der Waals surface area contributed by atoms with Gasteiger partial charge in [0.25, 0.3) is 0 Å². The first-order chi connectivity index (χ1) is 5.86. The molecule has 0 aromatic carbocycles. The van der Waals surface area contributed by atoms with Crippen molar-refractivity contribution in [2.45, 2.75) is 6.42 Å². The Morgan fingerprint density at radius 1 is 1.58 bits per heavy atom. The van der Waals surface area contributed by atoms with E-state index in [1.54, 1.807) is 6.33 Å². The maximum absolute atomic E-state index is 4.19. The molecule has 0 spiro atoms.